The number of phenolic OH excluding ortho intramolecular Hbond substituents is 1. The maximum absolute atomic E-state index is 11.6. The van der Waals surface area contributed by atoms with E-state index in [1.54, 1.807) is 12.1 Å². The van der Waals surface area contributed by atoms with Gasteiger partial charge in [0.1, 0.15) is 0 Å². The van der Waals surface area contributed by atoms with E-state index >= 15 is 0 Å². The van der Waals surface area contributed by atoms with Crippen molar-refractivity contribution in [1.29, 1.82) is 0 Å². The van der Waals surface area contributed by atoms with Gasteiger partial charge in [-0.05, 0) is 34.1 Å². The van der Waals surface area contributed by atoms with Gasteiger partial charge in [-0.15, -0.1) is 0 Å². The van der Waals surface area contributed by atoms with Crippen LogP contribution in [0.4, 0.5) is 5.82 Å². The number of aromatic hydroxyl groups is 1. The van der Waals surface area contributed by atoms with Gasteiger partial charge in [0.15, 0.2) is 11.5 Å². The first-order valence-corrected chi connectivity index (χ1v) is 5.40. The van der Waals surface area contributed by atoms with Gasteiger partial charge in [-0.25, -0.2) is 10.1 Å². The van der Waals surface area contributed by atoms with Gasteiger partial charge in [0.05, 0.1) is 13.3 Å². The number of phenols is 1. The maximum atomic E-state index is 11.6. The molecule has 104 valence electrons. The van der Waals surface area contributed by atoms with Crippen molar-refractivity contribution in [3.05, 3.63) is 29.5 Å². The minimum absolute atomic E-state index is 0.00938. The number of rotatable bonds is 4. The third-order valence-electron chi connectivity index (χ3n) is 2.31. The lowest BCUT2D eigenvalue weighted by molar-refractivity contribution is 0.0946. The number of nitrogens with zero attached hydrogens (tertiary/aromatic N) is 3. The molecule has 0 atom stereocenters. The fourth-order valence-corrected chi connectivity index (χ4v) is 1.35. The number of benzene rings is 1. The molecule has 0 aliphatic heterocycles. The van der Waals surface area contributed by atoms with Crippen molar-refractivity contribution in [2.24, 2.45) is 5.10 Å². The van der Waals surface area contributed by atoms with E-state index in [-0.39, 0.29) is 17.3 Å². The normalized spacial score (nSPS) is 10.7. The molecule has 9 heteroatoms. The molecule has 0 saturated carbocycles. The van der Waals surface area contributed by atoms with E-state index in [0.29, 0.717) is 11.3 Å². The third-order valence-corrected chi connectivity index (χ3v) is 2.31. The van der Waals surface area contributed by atoms with Crippen molar-refractivity contribution in [3.63, 3.8) is 0 Å². The van der Waals surface area contributed by atoms with Crippen LogP contribution in [0.2, 0.25) is 0 Å². The molecular formula is C11H11N5O4. The van der Waals surface area contributed by atoms with E-state index in [1.807, 2.05) is 0 Å². The second-order valence-corrected chi connectivity index (χ2v) is 3.63. The Labute approximate surface area is 113 Å². The summed E-state index contributed by atoms with van der Waals surface area (Å²) in [5, 5.41) is 19.7. The molecule has 1 aromatic carbocycles. The number of hydrazone groups is 1. The molecule has 20 heavy (non-hydrogen) atoms. The number of amides is 1. The van der Waals surface area contributed by atoms with Crippen LogP contribution < -0.4 is 15.9 Å². The van der Waals surface area contributed by atoms with Gasteiger partial charge in [-0.1, -0.05) is 0 Å². The van der Waals surface area contributed by atoms with Crippen LogP contribution in [0.5, 0.6) is 11.5 Å². The highest BCUT2D eigenvalue weighted by Crippen LogP contribution is 2.25. The lowest BCUT2D eigenvalue weighted by Crippen LogP contribution is -2.19. The summed E-state index contributed by atoms with van der Waals surface area (Å²) in [5.74, 6) is -0.463. The number of nitrogen functional groups attached to an aromatic ring is 1. The third kappa shape index (κ3) is 2.83. The zero-order valence-corrected chi connectivity index (χ0v) is 10.4. The first kappa shape index (κ1) is 13.3. The van der Waals surface area contributed by atoms with Crippen molar-refractivity contribution in [2.45, 2.75) is 0 Å². The van der Waals surface area contributed by atoms with Crippen molar-refractivity contribution < 1.29 is 19.3 Å². The molecule has 2 rings (SSSR count). The number of nitrogens with two attached hydrogens (primary N) is 1. The van der Waals surface area contributed by atoms with Gasteiger partial charge < -0.3 is 15.6 Å². The largest absolute Gasteiger partial charge is 0.504 e. The molecule has 0 aliphatic carbocycles. The fourth-order valence-electron chi connectivity index (χ4n) is 1.35. The average Bonchev–Trinajstić information content (AvgIpc) is 2.87. The molecule has 9 nitrogen and oxygen atoms in total. The van der Waals surface area contributed by atoms with E-state index in [4.69, 9.17) is 10.5 Å². The highest BCUT2D eigenvalue weighted by Gasteiger charge is 2.14. The molecule has 1 heterocycles. The van der Waals surface area contributed by atoms with Crippen molar-refractivity contribution in [3.8, 4) is 11.5 Å². The average molecular weight is 277 g/mol. The Morgan fingerprint density at radius 1 is 1.55 bits per heavy atom. The monoisotopic (exact) mass is 277 g/mol. The minimum Gasteiger partial charge on any atom is -0.504 e. The standard InChI is InChI=1S/C11H11N5O4/c1-19-8-4-6(2-3-7(8)17)5-13-14-11(18)9-10(12)16-20-15-9/h2-5,17H,1H3,(H2,12,16)(H,14,18)/b13-5+. The summed E-state index contributed by atoms with van der Waals surface area (Å²) in [6.07, 6.45) is 1.36. The molecule has 0 saturated heterocycles. The van der Waals surface area contributed by atoms with E-state index in [2.05, 4.69) is 25.5 Å². The molecule has 0 unspecified atom stereocenters. The van der Waals surface area contributed by atoms with Gasteiger partial charge in [-0.3, -0.25) is 4.79 Å². The number of ether oxygens (including phenoxy) is 1. The van der Waals surface area contributed by atoms with Crippen LogP contribution in [0.25, 0.3) is 0 Å². The Morgan fingerprint density at radius 3 is 3.00 bits per heavy atom. The van der Waals surface area contributed by atoms with Gasteiger partial charge in [0.2, 0.25) is 11.5 Å². The Kier molecular flexibility index (Phi) is 3.80. The number of nitrogens with one attached hydrogen (secondary N) is 1. The number of anilines is 1. The maximum Gasteiger partial charge on any atom is 0.297 e. The molecule has 2 aromatic rings. The zero-order chi connectivity index (χ0) is 14.5. The highest BCUT2D eigenvalue weighted by atomic mass is 16.6. The van der Waals surface area contributed by atoms with Gasteiger partial charge in [0.25, 0.3) is 5.91 Å². The first-order valence-electron chi connectivity index (χ1n) is 5.40. The van der Waals surface area contributed by atoms with Crippen LogP contribution in [0.15, 0.2) is 27.9 Å². The van der Waals surface area contributed by atoms with E-state index in [0.717, 1.165) is 0 Å². The summed E-state index contributed by atoms with van der Waals surface area (Å²) in [5.41, 5.74) is 8.03. The van der Waals surface area contributed by atoms with Crippen molar-refractivity contribution in [2.75, 3.05) is 12.8 Å². The summed E-state index contributed by atoms with van der Waals surface area (Å²) in [6.45, 7) is 0. The second-order valence-electron chi connectivity index (χ2n) is 3.63. The lowest BCUT2D eigenvalue weighted by atomic mass is 10.2. The molecule has 4 N–H and O–H groups in total. The molecule has 1 amide bonds. The SMILES string of the molecule is COc1cc(/C=N/NC(=O)c2nonc2N)ccc1O. The van der Waals surface area contributed by atoms with Crippen LogP contribution in [0, 0.1) is 0 Å². The van der Waals surface area contributed by atoms with Gasteiger partial charge in [-0.2, -0.15) is 5.10 Å². The van der Waals surface area contributed by atoms with E-state index in [9.17, 15) is 9.90 Å². The molecular weight excluding hydrogens is 266 g/mol. The lowest BCUT2D eigenvalue weighted by Gasteiger charge is -2.03. The highest BCUT2D eigenvalue weighted by molar-refractivity contribution is 5.96. The topological polar surface area (TPSA) is 136 Å². The number of hydrogen-bond donors (Lipinski definition) is 3. The number of hydrogen-bond acceptors (Lipinski definition) is 8. The Hall–Kier alpha value is -3.10. The van der Waals surface area contributed by atoms with Crippen molar-refractivity contribution >= 4 is 17.9 Å². The summed E-state index contributed by atoms with van der Waals surface area (Å²) < 4.78 is 9.23. The predicted molar refractivity (Wildman–Crippen MR) is 68.4 cm³/mol. The number of carbonyl (C=O) groups is 1. The van der Waals surface area contributed by atoms with Crippen LogP contribution in [0.1, 0.15) is 16.1 Å². The Morgan fingerprint density at radius 2 is 2.35 bits per heavy atom. The van der Waals surface area contributed by atoms with Crippen LogP contribution in [-0.4, -0.2) is 34.7 Å². The summed E-state index contributed by atoms with van der Waals surface area (Å²) >= 11 is 0. The van der Waals surface area contributed by atoms with Crippen LogP contribution in [-0.2, 0) is 0 Å². The van der Waals surface area contributed by atoms with Gasteiger partial charge in [0, 0.05) is 0 Å². The van der Waals surface area contributed by atoms with E-state index < -0.39 is 5.91 Å². The molecule has 0 spiro atoms. The first-order chi connectivity index (χ1) is 9.61. The van der Waals surface area contributed by atoms with E-state index in [1.165, 1.54) is 19.4 Å². The molecule has 1 aromatic heterocycles. The summed E-state index contributed by atoms with van der Waals surface area (Å²) in [6, 6.07) is 4.60. The minimum atomic E-state index is -0.647. The van der Waals surface area contributed by atoms with Crippen molar-refractivity contribution in [1.82, 2.24) is 15.7 Å². The Bertz CT molecular complexity index is 652. The molecule has 0 aliphatic rings. The van der Waals surface area contributed by atoms with Crippen LogP contribution >= 0.6 is 0 Å². The molecule has 0 radical (unpaired) electrons. The smallest absolute Gasteiger partial charge is 0.297 e. The second kappa shape index (κ2) is 5.69. The summed E-state index contributed by atoms with van der Waals surface area (Å²) in [4.78, 5) is 11.6. The fraction of sp³-hybridized carbons (Fsp3) is 0.0909. The predicted octanol–water partition coefficient (Wildman–Crippen LogP) is 0.130. The summed E-state index contributed by atoms with van der Waals surface area (Å²) in [7, 11) is 1.43. The van der Waals surface area contributed by atoms with Gasteiger partial charge >= 0.3 is 0 Å². The number of aromatic nitrogens is 2. The number of carbonyl (C=O) groups excluding carboxylic acids is 1. The molecule has 0 bridgehead atoms. The zero-order valence-electron chi connectivity index (χ0n) is 10.4. The number of methoxy groups -OCH3 is 1. The Balaban J connectivity index is 2.04. The molecule has 0 fully saturated rings. The van der Waals surface area contributed by atoms with Crippen LogP contribution in [0.3, 0.4) is 0 Å². The quantitative estimate of drug-likeness (QED) is 0.533.